The van der Waals surface area contributed by atoms with Crippen LogP contribution in [0.2, 0.25) is 0 Å². The molecule has 0 unspecified atom stereocenters. The number of hydrogen-bond donors (Lipinski definition) is 2. The summed E-state index contributed by atoms with van der Waals surface area (Å²) in [7, 11) is 0. The SMILES string of the molecule is C=CC(=O)Nc1cccc(-c2cccc3cnc(Nc4ccc(CCCF)cc4)nc23)c1. The maximum atomic E-state index is 12.4. The summed E-state index contributed by atoms with van der Waals surface area (Å²) in [6.45, 7) is 3.18. The van der Waals surface area contributed by atoms with Gasteiger partial charge >= 0.3 is 0 Å². The topological polar surface area (TPSA) is 66.9 Å². The molecular weight excluding hydrogens is 403 g/mol. The van der Waals surface area contributed by atoms with Gasteiger partial charge in [0.15, 0.2) is 0 Å². The third kappa shape index (κ3) is 4.98. The molecule has 0 radical (unpaired) electrons. The zero-order chi connectivity index (χ0) is 22.3. The predicted molar refractivity (Wildman–Crippen MR) is 128 cm³/mol. The summed E-state index contributed by atoms with van der Waals surface area (Å²) in [4.78, 5) is 20.8. The van der Waals surface area contributed by atoms with E-state index in [0.717, 1.165) is 39.7 Å². The normalized spacial score (nSPS) is 10.7. The molecule has 2 N–H and O–H groups in total. The summed E-state index contributed by atoms with van der Waals surface area (Å²) >= 11 is 0. The van der Waals surface area contributed by atoms with Gasteiger partial charge in [0, 0.05) is 28.5 Å². The second kappa shape index (κ2) is 9.83. The highest BCUT2D eigenvalue weighted by atomic mass is 19.1. The van der Waals surface area contributed by atoms with Crippen LogP contribution < -0.4 is 10.6 Å². The number of aryl methyl sites for hydroxylation is 1. The van der Waals surface area contributed by atoms with E-state index >= 15 is 0 Å². The van der Waals surface area contributed by atoms with Crippen LogP contribution in [0.3, 0.4) is 0 Å². The van der Waals surface area contributed by atoms with Gasteiger partial charge in [0.1, 0.15) is 0 Å². The van der Waals surface area contributed by atoms with Crippen molar-refractivity contribution in [2.75, 3.05) is 17.3 Å². The Morgan fingerprint density at radius 3 is 2.62 bits per heavy atom. The molecule has 1 aromatic heterocycles. The number of carbonyl (C=O) groups excluding carboxylic acids is 1. The number of alkyl halides is 1. The van der Waals surface area contributed by atoms with Gasteiger partial charge in [-0.15, -0.1) is 0 Å². The fourth-order valence-corrected chi connectivity index (χ4v) is 3.46. The summed E-state index contributed by atoms with van der Waals surface area (Å²) < 4.78 is 12.4. The molecule has 4 aromatic rings. The van der Waals surface area contributed by atoms with Crippen molar-refractivity contribution >= 4 is 34.1 Å². The van der Waals surface area contributed by atoms with Crippen LogP contribution in [-0.4, -0.2) is 22.5 Å². The molecule has 1 heterocycles. The number of benzene rings is 3. The molecule has 4 rings (SSSR count). The number of nitrogens with one attached hydrogen (secondary N) is 2. The Kier molecular flexibility index (Phi) is 6.51. The number of carbonyl (C=O) groups is 1. The number of rotatable bonds is 8. The standard InChI is InChI=1S/C26H23FN4O/c1-2-24(32)29-22-9-3-7-19(16-22)23-10-4-8-20-17-28-26(31-25(20)23)30-21-13-11-18(12-14-21)6-5-15-27/h2-4,7-14,16-17H,1,5-6,15H2,(H,29,32)(H,28,30,31). The summed E-state index contributed by atoms with van der Waals surface area (Å²) in [6, 6.07) is 21.4. The van der Waals surface area contributed by atoms with Gasteiger partial charge in [-0.05, 0) is 54.3 Å². The lowest BCUT2D eigenvalue weighted by molar-refractivity contribution is -0.111. The molecule has 1 amide bonds. The minimum absolute atomic E-state index is 0.260. The molecule has 0 aliphatic carbocycles. The van der Waals surface area contributed by atoms with E-state index in [1.807, 2.05) is 66.7 Å². The molecule has 3 aromatic carbocycles. The number of amides is 1. The first kappa shape index (κ1) is 21.2. The van der Waals surface area contributed by atoms with Crippen LogP contribution in [0.25, 0.3) is 22.0 Å². The van der Waals surface area contributed by atoms with Crippen LogP contribution in [-0.2, 0) is 11.2 Å². The number of fused-ring (bicyclic) bond motifs is 1. The van der Waals surface area contributed by atoms with E-state index in [1.54, 1.807) is 6.20 Å². The molecule has 0 atom stereocenters. The lowest BCUT2D eigenvalue weighted by atomic mass is 10.0. The summed E-state index contributed by atoms with van der Waals surface area (Å²) in [5.41, 5.74) is 5.31. The predicted octanol–water partition coefficient (Wildman–Crippen LogP) is 6.07. The van der Waals surface area contributed by atoms with Gasteiger partial charge in [0.2, 0.25) is 11.9 Å². The van der Waals surface area contributed by atoms with Crippen LogP contribution >= 0.6 is 0 Å². The first-order valence-corrected chi connectivity index (χ1v) is 10.4. The first-order valence-electron chi connectivity index (χ1n) is 10.4. The van der Waals surface area contributed by atoms with Crippen molar-refractivity contribution in [3.8, 4) is 11.1 Å². The smallest absolute Gasteiger partial charge is 0.247 e. The molecule has 0 saturated carbocycles. The third-order valence-corrected chi connectivity index (χ3v) is 5.05. The highest BCUT2D eigenvalue weighted by Gasteiger charge is 2.09. The molecule has 0 fully saturated rings. The van der Waals surface area contributed by atoms with E-state index in [4.69, 9.17) is 4.98 Å². The van der Waals surface area contributed by atoms with Gasteiger partial charge in [0.25, 0.3) is 0 Å². The van der Waals surface area contributed by atoms with Crippen LogP contribution in [0.1, 0.15) is 12.0 Å². The minimum atomic E-state index is -0.309. The number of anilines is 3. The van der Waals surface area contributed by atoms with Gasteiger partial charge in [-0.25, -0.2) is 9.97 Å². The van der Waals surface area contributed by atoms with E-state index in [2.05, 4.69) is 22.2 Å². The summed E-state index contributed by atoms with van der Waals surface area (Å²) in [5.74, 6) is 0.224. The zero-order valence-corrected chi connectivity index (χ0v) is 17.5. The Balaban J connectivity index is 1.63. The number of nitrogens with zero attached hydrogens (tertiary/aromatic N) is 2. The third-order valence-electron chi connectivity index (χ3n) is 5.05. The van der Waals surface area contributed by atoms with Crippen molar-refractivity contribution in [3.63, 3.8) is 0 Å². The molecule has 0 aliphatic heterocycles. The van der Waals surface area contributed by atoms with Crippen LogP contribution in [0.5, 0.6) is 0 Å². The lowest BCUT2D eigenvalue weighted by Crippen LogP contribution is -2.07. The van der Waals surface area contributed by atoms with Crippen LogP contribution in [0, 0.1) is 0 Å². The Morgan fingerprint density at radius 2 is 1.84 bits per heavy atom. The summed E-state index contributed by atoms with van der Waals surface area (Å²) in [5, 5.41) is 6.94. The quantitative estimate of drug-likeness (QED) is 0.336. The van der Waals surface area contributed by atoms with Crippen molar-refractivity contribution in [2.45, 2.75) is 12.8 Å². The summed E-state index contributed by atoms with van der Waals surface area (Å²) in [6.07, 6.45) is 4.28. The average molecular weight is 426 g/mol. The highest BCUT2D eigenvalue weighted by Crippen LogP contribution is 2.30. The Labute approximate surface area is 186 Å². The maximum Gasteiger partial charge on any atom is 0.247 e. The first-order chi connectivity index (χ1) is 15.7. The van der Waals surface area contributed by atoms with Crippen molar-refractivity contribution in [3.05, 3.63) is 91.1 Å². The van der Waals surface area contributed by atoms with E-state index in [0.29, 0.717) is 18.1 Å². The highest BCUT2D eigenvalue weighted by molar-refractivity contribution is 6.00. The average Bonchev–Trinajstić information content (AvgIpc) is 2.83. The number of aromatic nitrogens is 2. The largest absolute Gasteiger partial charge is 0.324 e. The Morgan fingerprint density at radius 1 is 1.03 bits per heavy atom. The molecule has 32 heavy (non-hydrogen) atoms. The molecule has 160 valence electrons. The van der Waals surface area contributed by atoms with Crippen LogP contribution in [0.4, 0.5) is 21.7 Å². The second-order valence-electron chi connectivity index (χ2n) is 7.33. The molecular formula is C26H23FN4O. The Hall–Kier alpha value is -4.06. The number of hydrogen-bond acceptors (Lipinski definition) is 4. The van der Waals surface area contributed by atoms with Crippen LogP contribution in [0.15, 0.2) is 85.6 Å². The monoisotopic (exact) mass is 426 g/mol. The molecule has 0 spiro atoms. The second-order valence-corrected chi connectivity index (χ2v) is 7.33. The van der Waals surface area contributed by atoms with E-state index < -0.39 is 0 Å². The van der Waals surface area contributed by atoms with Crippen molar-refractivity contribution < 1.29 is 9.18 Å². The van der Waals surface area contributed by atoms with Gasteiger partial charge in [-0.3, -0.25) is 9.18 Å². The van der Waals surface area contributed by atoms with E-state index in [9.17, 15) is 9.18 Å². The number of halogens is 1. The van der Waals surface area contributed by atoms with Crippen molar-refractivity contribution in [1.29, 1.82) is 0 Å². The van der Waals surface area contributed by atoms with E-state index in [1.165, 1.54) is 6.08 Å². The fourth-order valence-electron chi connectivity index (χ4n) is 3.46. The Bertz CT molecular complexity index is 1250. The molecule has 0 bridgehead atoms. The van der Waals surface area contributed by atoms with Gasteiger partial charge in [-0.2, -0.15) is 0 Å². The number of para-hydroxylation sites is 1. The van der Waals surface area contributed by atoms with Crippen molar-refractivity contribution in [1.82, 2.24) is 9.97 Å². The molecule has 0 saturated heterocycles. The van der Waals surface area contributed by atoms with Gasteiger partial charge in [-0.1, -0.05) is 49.0 Å². The lowest BCUT2D eigenvalue weighted by Gasteiger charge is -2.11. The fraction of sp³-hybridized carbons (Fsp3) is 0.115. The van der Waals surface area contributed by atoms with Crippen molar-refractivity contribution in [2.24, 2.45) is 0 Å². The minimum Gasteiger partial charge on any atom is -0.324 e. The maximum absolute atomic E-state index is 12.4. The molecule has 0 aliphatic rings. The van der Waals surface area contributed by atoms with E-state index in [-0.39, 0.29) is 12.6 Å². The van der Waals surface area contributed by atoms with Gasteiger partial charge < -0.3 is 10.6 Å². The van der Waals surface area contributed by atoms with Gasteiger partial charge in [0.05, 0.1) is 12.2 Å². The molecule has 6 heteroatoms. The zero-order valence-electron chi connectivity index (χ0n) is 17.5. The molecule has 5 nitrogen and oxygen atoms in total.